The van der Waals surface area contributed by atoms with Gasteiger partial charge in [0.15, 0.2) is 11.0 Å². The van der Waals surface area contributed by atoms with Crippen molar-refractivity contribution in [2.75, 3.05) is 11.1 Å². The van der Waals surface area contributed by atoms with Crippen LogP contribution < -0.4 is 5.32 Å². The van der Waals surface area contributed by atoms with Crippen molar-refractivity contribution in [1.29, 1.82) is 0 Å². The average Bonchev–Trinajstić information content (AvgIpc) is 3.24. The van der Waals surface area contributed by atoms with Gasteiger partial charge in [0.05, 0.1) is 5.75 Å². The molecule has 5 nitrogen and oxygen atoms in total. The number of carbonyl (C=O) groups excluding carboxylic acids is 1. The molecule has 1 amide bonds. The number of anilines is 1. The number of thioether (sulfide) groups is 1. The Morgan fingerprint density at radius 3 is 2.20 bits per heavy atom. The molecule has 3 aromatic carbocycles. The summed E-state index contributed by atoms with van der Waals surface area (Å²) in [6.07, 6.45) is 0. The molecule has 4 aromatic rings. The lowest BCUT2D eigenvalue weighted by Crippen LogP contribution is -2.15. The van der Waals surface area contributed by atoms with Gasteiger partial charge in [-0.25, -0.2) is 0 Å². The van der Waals surface area contributed by atoms with Crippen LogP contribution in [0.4, 0.5) is 5.69 Å². The fraction of sp³-hybridized carbons (Fsp3) is 0.276. The molecule has 0 aliphatic carbocycles. The van der Waals surface area contributed by atoms with E-state index < -0.39 is 0 Å². The van der Waals surface area contributed by atoms with Crippen molar-refractivity contribution in [3.05, 3.63) is 89.0 Å². The number of hydrogen-bond donors (Lipinski definition) is 1. The lowest BCUT2D eigenvalue weighted by molar-refractivity contribution is -0.113. The molecule has 0 fully saturated rings. The van der Waals surface area contributed by atoms with Gasteiger partial charge in [-0.3, -0.25) is 9.36 Å². The topological polar surface area (TPSA) is 59.8 Å². The molecule has 0 bridgehead atoms. The maximum absolute atomic E-state index is 12.8. The lowest BCUT2D eigenvalue weighted by atomic mass is 9.87. The monoisotopic (exact) mass is 484 g/mol. The molecular weight excluding hydrogens is 452 g/mol. The molecular formula is C29H32N4OS. The number of rotatable bonds is 6. The lowest BCUT2D eigenvalue weighted by Gasteiger charge is -2.19. The van der Waals surface area contributed by atoms with Gasteiger partial charge in [0.25, 0.3) is 0 Å². The van der Waals surface area contributed by atoms with Gasteiger partial charge in [-0.1, -0.05) is 86.6 Å². The molecule has 0 atom stereocenters. The standard InChI is InChI=1S/C29H32N4OS/c1-19-8-15-24(16-9-19)33-27(22-11-13-23(14-12-22)29(4,5)6)31-32-28(33)35-18-26(34)30-25-17-20(2)7-10-21(25)3/h7-17H,18H2,1-6H3,(H,30,34). The van der Waals surface area contributed by atoms with Crippen molar-refractivity contribution < 1.29 is 4.79 Å². The Morgan fingerprint density at radius 1 is 0.886 bits per heavy atom. The highest BCUT2D eigenvalue weighted by Crippen LogP contribution is 2.30. The van der Waals surface area contributed by atoms with Crippen LogP contribution in [0.15, 0.2) is 71.9 Å². The molecule has 4 rings (SSSR count). The summed E-state index contributed by atoms with van der Waals surface area (Å²) in [7, 11) is 0. The first kappa shape index (κ1) is 24.7. The highest BCUT2D eigenvalue weighted by atomic mass is 32.2. The zero-order chi connectivity index (χ0) is 25.2. The van der Waals surface area contributed by atoms with E-state index in [0.29, 0.717) is 5.16 Å². The molecule has 0 saturated carbocycles. The number of aryl methyl sites for hydroxylation is 3. The van der Waals surface area contributed by atoms with Crippen LogP contribution in [-0.4, -0.2) is 26.4 Å². The maximum Gasteiger partial charge on any atom is 0.234 e. The van der Waals surface area contributed by atoms with Crippen LogP contribution in [0.25, 0.3) is 17.1 Å². The molecule has 1 aromatic heterocycles. The van der Waals surface area contributed by atoms with E-state index in [9.17, 15) is 4.79 Å². The fourth-order valence-electron chi connectivity index (χ4n) is 3.78. The second-order valence-corrected chi connectivity index (χ2v) is 10.9. The summed E-state index contributed by atoms with van der Waals surface area (Å²) in [4.78, 5) is 12.8. The Morgan fingerprint density at radius 2 is 1.54 bits per heavy atom. The Hall–Kier alpha value is -3.38. The molecule has 0 radical (unpaired) electrons. The van der Waals surface area contributed by atoms with E-state index in [-0.39, 0.29) is 17.1 Å². The molecule has 0 spiro atoms. The Labute approximate surface area is 212 Å². The summed E-state index contributed by atoms with van der Waals surface area (Å²) in [6, 6.07) is 22.8. The Balaban J connectivity index is 1.62. The number of aromatic nitrogens is 3. The van der Waals surface area contributed by atoms with Crippen LogP contribution in [0.3, 0.4) is 0 Å². The average molecular weight is 485 g/mol. The van der Waals surface area contributed by atoms with E-state index in [2.05, 4.69) is 91.7 Å². The van der Waals surface area contributed by atoms with Crippen molar-refractivity contribution in [2.45, 2.75) is 52.1 Å². The molecule has 0 saturated heterocycles. The molecule has 0 aliphatic rings. The normalized spacial score (nSPS) is 11.5. The van der Waals surface area contributed by atoms with Crippen molar-refractivity contribution in [2.24, 2.45) is 0 Å². The Kier molecular flexibility index (Phi) is 7.13. The highest BCUT2D eigenvalue weighted by Gasteiger charge is 2.19. The van der Waals surface area contributed by atoms with Gasteiger partial charge in [0.2, 0.25) is 5.91 Å². The van der Waals surface area contributed by atoms with E-state index >= 15 is 0 Å². The fourth-order valence-corrected chi connectivity index (χ4v) is 4.54. The number of nitrogens with one attached hydrogen (secondary N) is 1. The van der Waals surface area contributed by atoms with E-state index in [4.69, 9.17) is 0 Å². The second-order valence-electron chi connectivity index (χ2n) is 9.96. The number of nitrogens with zero attached hydrogens (tertiary/aromatic N) is 3. The van der Waals surface area contributed by atoms with E-state index in [1.807, 2.05) is 36.6 Å². The maximum atomic E-state index is 12.8. The summed E-state index contributed by atoms with van der Waals surface area (Å²) in [5.74, 6) is 0.922. The first-order valence-corrected chi connectivity index (χ1v) is 12.7. The summed E-state index contributed by atoms with van der Waals surface area (Å²) in [5.41, 5.74) is 7.46. The second kappa shape index (κ2) is 10.1. The van der Waals surface area contributed by atoms with E-state index in [0.717, 1.165) is 33.9 Å². The van der Waals surface area contributed by atoms with Crippen molar-refractivity contribution in [1.82, 2.24) is 14.8 Å². The predicted octanol–water partition coefficient (Wildman–Crippen LogP) is 6.89. The summed E-state index contributed by atoms with van der Waals surface area (Å²) in [6.45, 7) is 12.7. The molecule has 1 heterocycles. The van der Waals surface area contributed by atoms with Crippen LogP contribution in [0.1, 0.15) is 43.0 Å². The van der Waals surface area contributed by atoms with E-state index in [1.54, 1.807) is 0 Å². The van der Waals surface area contributed by atoms with Gasteiger partial charge in [-0.2, -0.15) is 0 Å². The third kappa shape index (κ3) is 5.82. The third-order valence-corrected chi connectivity index (χ3v) is 6.86. The van der Waals surface area contributed by atoms with Gasteiger partial charge in [-0.15, -0.1) is 10.2 Å². The van der Waals surface area contributed by atoms with Crippen LogP contribution in [0.5, 0.6) is 0 Å². The molecule has 35 heavy (non-hydrogen) atoms. The third-order valence-electron chi connectivity index (χ3n) is 5.93. The van der Waals surface area contributed by atoms with Gasteiger partial charge in [0.1, 0.15) is 0 Å². The number of amides is 1. The van der Waals surface area contributed by atoms with Crippen LogP contribution in [0, 0.1) is 20.8 Å². The van der Waals surface area contributed by atoms with Crippen molar-refractivity contribution >= 4 is 23.4 Å². The SMILES string of the molecule is Cc1ccc(-n2c(SCC(=O)Nc3cc(C)ccc3C)nnc2-c2ccc(C(C)(C)C)cc2)cc1. The molecule has 0 unspecified atom stereocenters. The number of hydrogen-bond acceptors (Lipinski definition) is 4. The smallest absolute Gasteiger partial charge is 0.234 e. The van der Waals surface area contributed by atoms with Crippen molar-refractivity contribution in [3.63, 3.8) is 0 Å². The number of carbonyl (C=O) groups is 1. The minimum Gasteiger partial charge on any atom is -0.325 e. The van der Waals surface area contributed by atoms with Crippen molar-refractivity contribution in [3.8, 4) is 17.1 Å². The van der Waals surface area contributed by atoms with Gasteiger partial charge >= 0.3 is 0 Å². The summed E-state index contributed by atoms with van der Waals surface area (Å²) >= 11 is 1.38. The largest absolute Gasteiger partial charge is 0.325 e. The summed E-state index contributed by atoms with van der Waals surface area (Å²) in [5, 5.41) is 12.7. The zero-order valence-electron chi connectivity index (χ0n) is 21.2. The summed E-state index contributed by atoms with van der Waals surface area (Å²) < 4.78 is 2.03. The van der Waals surface area contributed by atoms with Crippen LogP contribution in [0.2, 0.25) is 0 Å². The molecule has 1 N–H and O–H groups in total. The first-order valence-electron chi connectivity index (χ1n) is 11.7. The first-order chi connectivity index (χ1) is 16.6. The highest BCUT2D eigenvalue weighted by molar-refractivity contribution is 7.99. The minimum atomic E-state index is -0.0711. The van der Waals surface area contributed by atoms with Gasteiger partial charge in [-0.05, 0) is 61.1 Å². The van der Waals surface area contributed by atoms with Crippen LogP contribution in [-0.2, 0) is 10.2 Å². The number of benzene rings is 3. The quantitative estimate of drug-likeness (QED) is 0.303. The Bertz CT molecular complexity index is 1330. The zero-order valence-corrected chi connectivity index (χ0v) is 22.0. The molecule has 6 heteroatoms. The molecule has 0 aliphatic heterocycles. The van der Waals surface area contributed by atoms with Crippen LogP contribution >= 0.6 is 11.8 Å². The minimum absolute atomic E-state index is 0.0711. The van der Waals surface area contributed by atoms with Gasteiger partial charge < -0.3 is 5.32 Å². The van der Waals surface area contributed by atoms with E-state index in [1.165, 1.54) is 22.9 Å². The molecule has 180 valence electrons. The van der Waals surface area contributed by atoms with Gasteiger partial charge in [0, 0.05) is 16.9 Å². The predicted molar refractivity (Wildman–Crippen MR) is 146 cm³/mol.